The van der Waals surface area contributed by atoms with E-state index in [2.05, 4.69) is 9.24 Å². The Morgan fingerprint density at radius 3 is 3.04 bits per heavy atom. The SMILES string of the molecule is N[C@@H](C/C=C/[I-][C@H]1CCCCc2noc(=O)n21)C(=O)OCc1ccccc1. The number of nitrogens with zero attached hydrogens (tertiary/aromatic N) is 2. The van der Waals surface area contributed by atoms with Crippen LogP contribution in [0.3, 0.4) is 0 Å². The molecule has 0 saturated carbocycles. The molecule has 0 saturated heterocycles. The van der Waals surface area contributed by atoms with Gasteiger partial charge in [0.25, 0.3) is 0 Å². The predicted molar refractivity (Wildman–Crippen MR) is 95.3 cm³/mol. The molecule has 27 heavy (non-hydrogen) atoms. The summed E-state index contributed by atoms with van der Waals surface area (Å²) in [6.07, 6.45) is 6.18. The summed E-state index contributed by atoms with van der Waals surface area (Å²) in [7, 11) is 0. The van der Waals surface area contributed by atoms with Gasteiger partial charge in [-0.05, 0) is 0 Å². The Morgan fingerprint density at radius 2 is 2.22 bits per heavy atom. The van der Waals surface area contributed by atoms with Crippen LogP contribution in [0.1, 0.15) is 41.1 Å². The third-order valence-corrected chi connectivity index (χ3v) is 7.23. The summed E-state index contributed by atoms with van der Waals surface area (Å²) in [4.78, 5) is 23.9. The summed E-state index contributed by atoms with van der Waals surface area (Å²) in [5, 5.41) is 3.88. The van der Waals surface area contributed by atoms with Gasteiger partial charge in [-0.15, -0.1) is 0 Å². The summed E-state index contributed by atoms with van der Waals surface area (Å²) in [5.41, 5.74) is 6.85. The zero-order valence-corrected chi connectivity index (χ0v) is 17.1. The summed E-state index contributed by atoms with van der Waals surface area (Å²) in [6.45, 7) is 0.227. The minimum atomic E-state index is -0.683. The number of hydrogen-bond donors (Lipinski definition) is 1. The Morgan fingerprint density at radius 1 is 1.41 bits per heavy atom. The van der Waals surface area contributed by atoms with Crippen molar-refractivity contribution in [2.45, 2.75) is 48.8 Å². The summed E-state index contributed by atoms with van der Waals surface area (Å²) in [6, 6.07) is 8.82. The molecule has 1 aromatic heterocycles. The molecule has 0 bridgehead atoms. The fourth-order valence-corrected chi connectivity index (χ4v) is 5.57. The topological polar surface area (TPSA) is 100 Å². The Bertz CT molecular complexity index is 831. The molecule has 1 aliphatic rings. The molecule has 2 N–H and O–H groups in total. The van der Waals surface area contributed by atoms with Crippen LogP contribution in [0.5, 0.6) is 0 Å². The maximum absolute atomic E-state index is 12.0. The fourth-order valence-electron chi connectivity index (χ4n) is 2.84. The van der Waals surface area contributed by atoms with E-state index in [1.54, 1.807) is 4.57 Å². The third kappa shape index (κ3) is 5.52. The van der Waals surface area contributed by atoms with Crippen molar-refractivity contribution in [1.29, 1.82) is 0 Å². The van der Waals surface area contributed by atoms with E-state index in [0.717, 1.165) is 37.1 Å². The standard InChI is InChI=1S/C19H23IN3O4/c21-15(18(24)26-13-14-7-2-1-3-8-14)9-6-12-20-16-10-4-5-11-17-22-27-19(25)23(16)17/h1-3,6-8,12,15-16H,4-5,9-11,13,21H2/q-1/b12-6+/t15-,16+/m0/s1. The van der Waals surface area contributed by atoms with Crippen molar-refractivity contribution in [2.24, 2.45) is 5.73 Å². The number of benzene rings is 1. The van der Waals surface area contributed by atoms with Crippen molar-refractivity contribution in [3.8, 4) is 0 Å². The molecule has 1 aliphatic heterocycles. The second kappa shape index (κ2) is 9.84. The van der Waals surface area contributed by atoms with Crippen LogP contribution in [0.2, 0.25) is 0 Å². The van der Waals surface area contributed by atoms with Crippen LogP contribution in [0.15, 0.2) is 49.8 Å². The molecule has 0 fully saturated rings. The van der Waals surface area contributed by atoms with Crippen molar-refractivity contribution in [3.05, 3.63) is 62.4 Å². The van der Waals surface area contributed by atoms with Gasteiger partial charge in [-0.1, -0.05) is 0 Å². The molecule has 0 unspecified atom stereocenters. The zero-order valence-electron chi connectivity index (χ0n) is 14.9. The molecule has 0 radical (unpaired) electrons. The van der Waals surface area contributed by atoms with Crippen molar-refractivity contribution in [2.75, 3.05) is 0 Å². The van der Waals surface area contributed by atoms with E-state index >= 15 is 0 Å². The first-order valence-electron chi connectivity index (χ1n) is 8.95. The number of hydrogen-bond acceptors (Lipinski definition) is 6. The summed E-state index contributed by atoms with van der Waals surface area (Å²) < 4.78 is 14.0. The Kier molecular flexibility index (Phi) is 7.22. The van der Waals surface area contributed by atoms with Gasteiger partial charge in [0.05, 0.1) is 0 Å². The normalized spacial score (nSPS) is 18.2. The summed E-state index contributed by atoms with van der Waals surface area (Å²) in [5.74, 6) is -0.0308. The van der Waals surface area contributed by atoms with E-state index in [1.165, 1.54) is 0 Å². The number of alkyl halides is 1. The van der Waals surface area contributed by atoms with Crippen LogP contribution >= 0.6 is 0 Å². The molecule has 7 nitrogen and oxygen atoms in total. The van der Waals surface area contributed by atoms with Gasteiger partial charge in [0, 0.05) is 0 Å². The van der Waals surface area contributed by atoms with Gasteiger partial charge >= 0.3 is 168 Å². The Balaban J connectivity index is 1.47. The van der Waals surface area contributed by atoms with Gasteiger partial charge in [0.2, 0.25) is 0 Å². The number of fused-ring (bicyclic) bond motifs is 1. The van der Waals surface area contributed by atoms with Crippen LogP contribution in [-0.2, 0) is 22.6 Å². The predicted octanol–water partition coefficient (Wildman–Crippen LogP) is -0.875. The van der Waals surface area contributed by atoms with Crippen LogP contribution in [0.25, 0.3) is 0 Å². The Labute approximate surface area is 167 Å². The van der Waals surface area contributed by atoms with Crippen LogP contribution in [0, 0.1) is 0 Å². The van der Waals surface area contributed by atoms with Gasteiger partial charge in [-0.3, -0.25) is 0 Å². The number of halogens is 1. The van der Waals surface area contributed by atoms with Crippen LogP contribution < -0.4 is 32.7 Å². The third-order valence-electron chi connectivity index (χ3n) is 4.30. The second-order valence-electron chi connectivity index (χ2n) is 6.34. The van der Waals surface area contributed by atoms with Gasteiger partial charge in [0.15, 0.2) is 0 Å². The number of carbonyl (C=O) groups is 1. The van der Waals surface area contributed by atoms with Crippen LogP contribution in [-0.4, -0.2) is 21.7 Å². The number of ether oxygens (including phenoxy) is 1. The second-order valence-corrected chi connectivity index (χ2v) is 9.21. The quantitative estimate of drug-likeness (QED) is 0.312. The number of esters is 1. The molecule has 0 spiro atoms. The van der Waals surface area contributed by atoms with Gasteiger partial charge < -0.3 is 0 Å². The summed E-state index contributed by atoms with van der Waals surface area (Å²) >= 11 is -0.416. The molecule has 1 aromatic carbocycles. The first kappa shape index (κ1) is 19.8. The van der Waals surface area contributed by atoms with E-state index in [4.69, 9.17) is 15.0 Å². The molecule has 2 atom stereocenters. The average molecular weight is 484 g/mol. The first-order valence-corrected chi connectivity index (χ1v) is 11.4. The number of rotatable bonds is 7. The molecule has 2 heterocycles. The molecule has 0 aliphatic carbocycles. The first-order chi connectivity index (χ1) is 13.1. The van der Waals surface area contributed by atoms with E-state index < -0.39 is 33.2 Å². The van der Waals surface area contributed by atoms with Crippen LogP contribution in [0.4, 0.5) is 0 Å². The maximum atomic E-state index is 12.0. The average Bonchev–Trinajstić information content (AvgIpc) is 2.93. The number of carbonyl (C=O) groups excluding carboxylic acids is 1. The van der Waals surface area contributed by atoms with E-state index in [9.17, 15) is 9.59 Å². The number of aryl methyl sites for hydroxylation is 1. The molecular formula is C19H23IN3O4-. The molecule has 8 heteroatoms. The van der Waals surface area contributed by atoms with Gasteiger partial charge in [-0.25, -0.2) is 0 Å². The molecule has 146 valence electrons. The monoisotopic (exact) mass is 484 g/mol. The van der Waals surface area contributed by atoms with Crippen molar-refractivity contribution in [1.82, 2.24) is 9.72 Å². The number of aromatic nitrogens is 2. The van der Waals surface area contributed by atoms with Gasteiger partial charge in [0.1, 0.15) is 0 Å². The van der Waals surface area contributed by atoms with E-state index in [1.807, 2.05) is 36.4 Å². The van der Waals surface area contributed by atoms with Crippen molar-refractivity contribution >= 4 is 5.97 Å². The number of nitrogens with two attached hydrogens (primary N) is 1. The fraction of sp³-hybridized carbons (Fsp3) is 0.421. The Hall–Kier alpha value is -1.94. The zero-order chi connectivity index (χ0) is 19.1. The molecule has 3 rings (SSSR count). The van der Waals surface area contributed by atoms with Gasteiger partial charge in [-0.2, -0.15) is 0 Å². The molecule has 0 amide bonds. The minimum absolute atomic E-state index is 0.151. The molecular weight excluding hydrogens is 461 g/mol. The van der Waals surface area contributed by atoms with E-state index in [-0.39, 0.29) is 16.4 Å². The molecule has 2 aromatic rings. The van der Waals surface area contributed by atoms with Crippen molar-refractivity contribution in [3.63, 3.8) is 0 Å². The van der Waals surface area contributed by atoms with Crippen molar-refractivity contribution < 1.29 is 35.3 Å². The van der Waals surface area contributed by atoms with E-state index in [0.29, 0.717) is 6.42 Å².